The standard InChI is InChI=1S/C11H12N6O/c12-8-1-2-13-9(5-8)11(18)16-3-4-17-7-14-15-10(17)6-16/h1-2,5,7H,3-4,6H2,(H2,12,13). The molecule has 0 saturated heterocycles. The van der Waals surface area contributed by atoms with Crippen molar-refractivity contribution < 1.29 is 4.79 Å². The Kier molecular flexibility index (Phi) is 2.44. The van der Waals surface area contributed by atoms with E-state index >= 15 is 0 Å². The number of hydrogen-bond acceptors (Lipinski definition) is 5. The third-order valence-corrected chi connectivity index (χ3v) is 2.93. The summed E-state index contributed by atoms with van der Waals surface area (Å²) in [6, 6.07) is 3.24. The van der Waals surface area contributed by atoms with Crippen LogP contribution in [0.5, 0.6) is 0 Å². The van der Waals surface area contributed by atoms with E-state index in [9.17, 15) is 4.79 Å². The third kappa shape index (κ3) is 1.79. The summed E-state index contributed by atoms with van der Waals surface area (Å²) >= 11 is 0. The summed E-state index contributed by atoms with van der Waals surface area (Å²) in [5, 5.41) is 7.80. The molecule has 0 bridgehead atoms. The van der Waals surface area contributed by atoms with Crippen molar-refractivity contribution in [1.29, 1.82) is 0 Å². The number of amides is 1. The van der Waals surface area contributed by atoms with Gasteiger partial charge in [-0.1, -0.05) is 0 Å². The second-order valence-corrected chi connectivity index (χ2v) is 4.14. The van der Waals surface area contributed by atoms with Gasteiger partial charge in [0.1, 0.15) is 12.0 Å². The molecule has 0 unspecified atom stereocenters. The topological polar surface area (TPSA) is 89.9 Å². The molecule has 7 heteroatoms. The average molecular weight is 244 g/mol. The molecule has 3 rings (SSSR count). The number of carbonyl (C=O) groups is 1. The van der Waals surface area contributed by atoms with Crippen LogP contribution in [-0.2, 0) is 13.1 Å². The highest BCUT2D eigenvalue weighted by Crippen LogP contribution is 2.13. The van der Waals surface area contributed by atoms with E-state index < -0.39 is 0 Å². The number of nitrogen functional groups attached to an aromatic ring is 1. The van der Waals surface area contributed by atoms with Gasteiger partial charge in [-0.3, -0.25) is 9.78 Å². The Hall–Kier alpha value is -2.44. The van der Waals surface area contributed by atoms with Gasteiger partial charge in [-0.15, -0.1) is 10.2 Å². The van der Waals surface area contributed by atoms with Crippen LogP contribution in [0.1, 0.15) is 16.3 Å². The highest BCUT2D eigenvalue weighted by Gasteiger charge is 2.23. The lowest BCUT2D eigenvalue weighted by Crippen LogP contribution is -2.38. The predicted molar refractivity (Wildman–Crippen MR) is 63.4 cm³/mol. The molecule has 2 aromatic heterocycles. The first kappa shape index (κ1) is 10.7. The van der Waals surface area contributed by atoms with Crippen molar-refractivity contribution in [2.24, 2.45) is 0 Å². The summed E-state index contributed by atoms with van der Waals surface area (Å²) in [4.78, 5) is 18.0. The highest BCUT2D eigenvalue weighted by atomic mass is 16.2. The summed E-state index contributed by atoms with van der Waals surface area (Å²) in [5.41, 5.74) is 6.55. The van der Waals surface area contributed by atoms with Gasteiger partial charge in [0, 0.05) is 25.0 Å². The van der Waals surface area contributed by atoms with E-state index in [2.05, 4.69) is 15.2 Å². The van der Waals surface area contributed by atoms with Crippen molar-refractivity contribution in [3.05, 3.63) is 36.2 Å². The van der Waals surface area contributed by atoms with Gasteiger partial charge in [0.2, 0.25) is 0 Å². The average Bonchev–Trinajstić information content (AvgIpc) is 2.85. The van der Waals surface area contributed by atoms with Crippen molar-refractivity contribution in [3.63, 3.8) is 0 Å². The first-order chi connectivity index (χ1) is 8.74. The highest BCUT2D eigenvalue weighted by molar-refractivity contribution is 5.93. The summed E-state index contributed by atoms with van der Waals surface area (Å²) in [6.45, 7) is 1.78. The monoisotopic (exact) mass is 244 g/mol. The lowest BCUT2D eigenvalue weighted by molar-refractivity contribution is 0.0701. The lowest BCUT2D eigenvalue weighted by Gasteiger charge is -2.26. The number of hydrogen-bond donors (Lipinski definition) is 1. The summed E-state index contributed by atoms with van der Waals surface area (Å²) in [6.07, 6.45) is 3.21. The van der Waals surface area contributed by atoms with Gasteiger partial charge in [-0.2, -0.15) is 0 Å². The molecule has 7 nitrogen and oxygen atoms in total. The molecule has 0 aliphatic carbocycles. The van der Waals surface area contributed by atoms with E-state index in [-0.39, 0.29) is 5.91 Å². The molecular weight excluding hydrogens is 232 g/mol. The Labute approximate surface area is 103 Å². The van der Waals surface area contributed by atoms with E-state index in [1.54, 1.807) is 23.4 Å². The fourth-order valence-corrected chi connectivity index (χ4v) is 1.97. The zero-order valence-electron chi connectivity index (χ0n) is 9.65. The maximum absolute atomic E-state index is 12.2. The van der Waals surface area contributed by atoms with Crippen molar-refractivity contribution >= 4 is 11.6 Å². The molecule has 2 N–H and O–H groups in total. The summed E-state index contributed by atoms with van der Waals surface area (Å²) < 4.78 is 1.94. The Balaban J connectivity index is 1.83. The van der Waals surface area contributed by atoms with Gasteiger partial charge in [0.05, 0.1) is 6.54 Å². The van der Waals surface area contributed by atoms with Gasteiger partial charge < -0.3 is 15.2 Å². The molecule has 18 heavy (non-hydrogen) atoms. The minimum atomic E-state index is -0.128. The van der Waals surface area contributed by atoms with Crippen LogP contribution in [-0.4, -0.2) is 37.1 Å². The first-order valence-electron chi connectivity index (χ1n) is 5.61. The van der Waals surface area contributed by atoms with Crippen LogP contribution in [0.3, 0.4) is 0 Å². The van der Waals surface area contributed by atoms with Crippen LogP contribution in [0.4, 0.5) is 5.69 Å². The molecule has 0 radical (unpaired) electrons. The first-order valence-corrected chi connectivity index (χ1v) is 5.61. The molecule has 0 spiro atoms. The molecular formula is C11H12N6O. The quantitative estimate of drug-likeness (QED) is 0.757. The van der Waals surface area contributed by atoms with E-state index in [0.29, 0.717) is 31.0 Å². The van der Waals surface area contributed by atoms with Crippen molar-refractivity contribution in [2.45, 2.75) is 13.1 Å². The smallest absolute Gasteiger partial charge is 0.272 e. The molecule has 1 aliphatic heterocycles. The normalized spacial score (nSPS) is 14.3. The van der Waals surface area contributed by atoms with Crippen LogP contribution < -0.4 is 5.73 Å². The Morgan fingerprint density at radius 2 is 2.28 bits per heavy atom. The molecule has 3 heterocycles. The zero-order chi connectivity index (χ0) is 12.5. The van der Waals surface area contributed by atoms with E-state index in [4.69, 9.17) is 5.73 Å². The fourth-order valence-electron chi connectivity index (χ4n) is 1.97. The molecule has 1 amide bonds. The number of nitrogens with zero attached hydrogens (tertiary/aromatic N) is 5. The SMILES string of the molecule is Nc1ccnc(C(=O)N2CCn3cnnc3C2)c1. The second-order valence-electron chi connectivity index (χ2n) is 4.14. The maximum Gasteiger partial charge on any atom is 0.272 e. The Morgan fingerprint density at radius 3 is 3.11 bits per heavy atom. The third-order valence-electron chi connectivity index (χ3n) is 2.93. The minimum absolute atomic E-state index is 0.128. The van der Waals surface area contributed by atoms with Gasteiger partial charge in [0.25, 0.3) is 5.91 Å². The fraction of sp³-hybridized carbons (Fsp3) is 0.273. The number of pyridine rings is 1. The predicted octanol–water partition coefficient (Wildman–Crippen LogP) is -0.0887. The van der Waals surface area contributed by atoms with Gasteiger partial charge >= 0.3 is 0 Å². The minimum Gasteiger partial charge on any atom is -0.399 e. The van der Waals surface area contributed by atoms with Crippen LogP contribution in [0, 0.1) is 0 Å². The van der Waals surface area contributed by atoms with E-state index in [0.717, 1.165) is 5.82 Å². The lowest BCUT2D eigenvalue weighted by atomic mass is 10.2. The molecule has 0 saturated carbocycles. The molecule has 2 aromatic rings. The Morgan fingerprint density at radius 1 is 1.39 bits per heavy atom. The number of nitrogens with two attached hydrogens (primary N) is 1. The second kappa shape index (κ2) is 4.10. The van der Waals surface area contributed by atoms with Crippen molar-refractivity contribution in [2.75, 3.05) is 12.3 Å². The number of aromatic nitrogens is 4. The number of fused-ring (bicyclic) bond motifs is 1. The molecule has 0 atom stereocenters. The largest absolute Gasteiger partial charge is 0.399 e. The molecule has 1 aliphatic rings. The van der Waals surface area contributed by atoms with Crippen LogP contribution >= 0.6 is 0 Å². The van der Waals surface area contributed by atoms with Crippen LogP contribution in [0.15, 0.2) is 24.7 Å². The maximum atomic E-state index is 12.2. The Bertz CT molecular complexity index is 593. The number of rotatable bonds is 1. The summed E-state index contributed by atoms with van der Waals surface area (Å²) in [5.74, 6) is 0.662. The van der Waals surface area contributed by atoms with Crippen LogP contribution in [0.2, 0.25) is 0 Å². The van der Waals surface area contributed by atoms with Gasteiger partial charge in [-0.25, -0.2) is 0 Å². The zero-order valence-corrected chi connectivity index (χ0v) is 9.65. The number of anilines is 1. The van der Waals surface area contributed by atoms with Gasteiger partial charge in [0.15, 0.2) is 5.82 Å². The van der Waals surface area contributed by atoms with Gasteiger partial charge in [-0.05, 0) is 12.1 Å². The van der Waals surface area contributed by atoms with Crippen molar-refractivity contribution in [3.8, 4) is 0 Å². The van der Waals surface area contributed by atoms with E-state index in [1.807, 2.05) is 4.57 Å². The van der Waals surface area contributed by atoms with E-state index in [1.165, 1.54) is 6.20 Å². The van der Waals surface area contributed by atoms with Crippen LogP contribution in [0.25, 0.3) is 0 Å². The molecule has 92 valence electrons. The summed E-state index contributed by atoms with van der Waals surface area (Å²) in [7, 11) is 0. The number of carbonyl (C=O) groups excluding carboxylic acids is 1. The molecule has 0 fully saturated rings. The van der Waals surface area contributed by atoms with Crippen molar-refractivity contribution in [1.82, 2.24) is 24.6 Å². The molecule has 0 aromatic carbocycles.